The van der Waals surface area contributed by atoms with Gasteiger partial charge in [0.05, 0.1) is 0 Å². The van der Waals surface area contributed by atoms with E-state index in [4.69, 9.17) is 0 Å². The Labute approximate surface area is 138 Å². The van der Waals surface area contributed by atoms with Gasteiger partial charge in [0.2, 0.25) is 0 Å². The summed E-state index contributed by atoms with van der Waals surface area (Å²) in [6, 6.07) is 0.520. The van der Waals surface area contributed by atoms with Gasteiger partial charge >= 0.3 is 0 Å². The third-order valence-corrected chi connectivity index (χ3v) is 3.41. The first-order valence-corrected chi connectivity index (χ1v) is 8.46. The zero-order valence-electron chi connectivity index (χ0n) is 15.4. The van der Waals surface area contributed by atoms with Gasteiger partial charge in [-0.05, 0) is 30.3 Å². The summed E-state index contributed by atoms with van der Waals surface area (Å²) < 4.78 is 0. The molecule has 2 nitrogen and oxygen atoms in total. The van der Waals surface area contributed by atoms with Crippen LogP contribution in [-0.4, -0.2) is 19.1 Å². The summed E-state index contributed by atoms with van der Waals surface area (Å²) in [5, 5.41) is 6.98. The number of hydrogen-bond acceptors (Lipinski definition) is 2. The van der Waals surface area contributed by atoms with E-state index in [0.717, 1.165) is 38.0 Å². The molecule has 1 saturated carbocycles. The molecule has 1 fully saturated rings. The van der Waals surface area contributed by atoms with Gasteiger partial charge in [-0.3, -0.25) is 0 Å². The molecule has 22 heavy (non-hydrogen) atoms. The van der Waals surface area contributed by atoms with Crippen LogP contribution in [0.3, 0.4) is 0 Å². The summed E-state index contributed by atoms with van der Waals surface area (Å²) in [5.74, 6) is 0. The van der Waals surface area contributed by atoms with E-state index in [1.807, 2.05) is 19.9 Å². The molecule has 1 aliphatic rings. The molecular formula is C20H36N2. The van der Waals surface area contributed by atoms with Gasteiger partial charge in [0, 0.05) is 24.8 Å². The molecule has 0 aliphatic heterocycles. The van der Waals surface area contributed by atoms with Gasteiger partial charge in [0.15, 0.2) is 0 Å². The average Bonchev–Trinajstić information content (AvgIpc) is 2.76. The number of rotatable bonds is 7. The molecule has 126 valence electrons. The SMILES string of the molecule is C=C/C=C1/CC(NCCNC(=C)CC(C)(C)C)CC1=C.CC. The first kappa shape index (κ1) is 20.7. The smallest absolute Gasteiger partial charge is 0.0269 e. The molecule has 0 amide bonds. The van der Waals surface area contributed by atoms with E-state index in [-0.39, 0.29) is 0 Å². The highest BCUT2D eigenvalue weighted by atomic mass is 15.0. The second-order valence-electron chi connectivity index (χ2n) is 6.86. The molecule has 0 saturated heterocycles. The van der Waals surface area contributed by atoms with Crippen molar-refractivity contribution in [2.24, 2.45) is 5.41 Å². The van der Waals surface area contributed by atoms with Gasteiger partial charge in [0.25, 0.3) is 0 Å². The Hall–Kier alpha value is -1.28. The van der Waals surface area contributed by atoms with Crippen LogP contribution in [-0.2, 0) is 0 Å². The molecule has 2 heteroatoms. The van der Waals surface area contributed by atoms with Crippen molar-refractivity contribution in [2.75, 3.05) is 13.1 Å². The van der Waals surface area contributed by atoms with E-state index >= 15 is 0 Å². The van der Waals surface area contributed by atoms with Crippen molar-refractivity contribution in [1.29, 1.82) is 0 Å². The highest BCUT2D eigenvalue weighted by Gasteiger charge is 2.21. The van der Waals surface area contributed by atoms with Crippen LogP contribution < -0.4 is 10.6 Å². The van der Waals surface area contributed by atoms with Gasteiger partial charge in [-0.1, -0.05) is 72.1 Å². The summed E-state index contributed by atoms with van der Waals surface area (Å²) >= 11 is 0. The van der Waals surface area contributed by atoms with Crippen LogP contribution in [0.4, 0.5) is 0 Å². The molecule has 0 aromatic heterocycles. The second kappa shape index (κ2) is 10.4. The van der Waals surface area contributed by atoms with Crippen molar-refractivity contribution < 1.29 is 0 Å². The van der Waals surface area contributed by atoms with Gasteiger partial charge < -0.3 is 10.6 Å². The van der Waals surface area contributed by atoms with Crippen molar-refractivity contribution in [3.05, 3.63) is 48.7 Å². The normalized spacial score (nSPS) is 19.6. The lowest BCUT2D eigenvalue weighted by Crippen LogP contribution is -2.33. The van der Waals surface area contributed by atoms with Gasteiger partial charge in [-0.25, -0.2) is 0 Å². The maximum atomic E-state index is 4.12. The Morgan fingerprint density at radius 2 is 1.86 bits per heavy atom. The first-order chi connectivity index (χ1) is 10.3. The first-order valence-electron chi connectivity index (χ1n) is 8.46. The molecule has 0 heterocycles. The highest BCUT2D eigenvalue weighted by molar-refractivity contribution is 5.37. The average molecular weight is 305 g/mol. The zero-order chi connectivity index (χ0) is 17.2. The van der Waals surface area contributed by atoms with Crippen molar-refractivity contribution in [3.8, 4) is 0 Å². The Balaban J connectivity index is 0.00000211. The van der Waals surface area contributed by atoms with E-state index in [1.54, 1.807) is 0 Å². The predicted molar refractivity (Wildman–Crippen MR) is 101 cm³/mol. The zero-order valence-corrected chi connectivity index (χ0v) is 15.4. The molecule has 0 spiro atoms. The van der Waals surface area contributed by atoms with Crippen LogP contribution in [0.2, 0.25) is 0 Å². The fourth-order valence-corrected chi connectivity index (χ4v) is 2.60. The van der Waals surface area contributed by atoms with Crippen LogP contribution in [0.5, 0.6) is 0 Å². The monoisotopic (exact) mass is 304 g/mol. The predicted octanol–water partition coefficient (Wildman–Crippen LogP) is 4.97. The van der Waals surface area contributed by atoms with Crippen LogP contribution in [0, 0.1) is 5.41 Å². The van der Waals surface area contributed by atoms with Crippen molar-refractivity contribution >= 4 is 0 Å². The maximum absolute atomic E-state index is 4.12. The van der Waals surface area contributed by atoms with Crippen LogP contribution in [0.1, 0.15) is 53.9 Å². The summed E-state index contributed by atoms with van der Waals surface area (Å²) in [7, 11) is 0. The van der Waals surface area contributed by atoms with E-state index in [2.05, 4.69) is 57.2 Å². The van der Waals surface area contributed by atoms with Crippen molar-refractivity contribution in [3.63, 3.8) is 0 Å². The molecule has 0 bridgehead atoms. The summed E-state index contributed by atoms with van der Waals surface area (Å²) in [6.07, 6.45) is 7.05. The molecule has 0 radical (unpaired) electrons. The van der Waals surface area contributed by atoms with E-state index in [9.17, 15) is 0 Å². The lowest BCUT2D eigenvalue weighted by atomic mass is 9.91. The van der Waals surface area contributed by atoms with Gasteiger partial charge in [-0.2, -0.15) is 0 Å². The molecule has 0 aromatic rings. The van der Waals surface area contributed by atoms with Crippen LogP contribution in [0.15, 0.2) is 48.7 Å². The van der Waals surface area contributed by atoms with E-state index < -0.39 is 0 Å². The molecule has 2 N–H and O–H groups in total. The lowest BCUT2D eigenvalue weighted by Gasteiger charge is -2.21. The summed E-state index contributed by atoms with van der Waals surface area (Å²) in [4.78, 5) is 0. The van der Waals surface area contributed by atoms with Gasteiger partial charge in [0.1, 0.15) is 0 Å². The molecule has 0 aromatic carbocycles. The molecule has 1 atom stereocenters. The molecule has 1 unspecified atom stereocenters. The molecule has 1 rings (SSSR count). The Kier molecular flexibility index (Phi) is 9.84. The number of allylic oxidation sites excluding steroid dienone is 3. The largest absolute Gasteiger partial charge is 0.388 e. The highest BCUT2D eigenvalue weighted by Crippen LogP contribution is 2.29. The third kappa shape index (κ3) is 8.89. The minimum absolute atomic E-state index is 0.297. The minimum Gasteiger partial charge on any atom is -0.388 e. The number of nitrogens with one attached hydrogen (secondary N) is 2. The Morgan fingerprint density at radius 1 is 1.23 bits per heavy atom. The standard InChI is InChI=1S/C18H30N2.C2H6/c1-7-8-16-12-17(11-14(16)2)20-10-9-19-15(3)13-18(4,5)6;1-2/h7-8,17,19-20H,1-3,9-13H2,4-6H3;1-2H3/b16-8-;. The third-order valence-electron chi connectivity index (χ3n) is 3.41. The minimum atomic E-state index is 0.297. The van der Waals surface area contributed by atoms with Crippen LogP contribution in [0.25, 0.3) is 0 Å². The maximum Gasteiger partial charge on any atom is 0.0269 e. The summed E-state index contributed by atoms with van der Waals surface area (Å²) in [5.41, 5.74) is 4.00. The molecule has 1 aliphatic carbocycles. The Bertz CT molecular complexity index is 396. The van der Waals surface area contributed by atoms with Gasteiger partial charge in [-0.15, -0.1) is 0 Å². The summed E-state index contributed by atoms with van der Waals surface area (Å²) in [6.45, 7) is 24.5. The van der Waals surface area contributed by atoms with Crippen molar-refractivity contribution in [2.45, 2.75) is 59.9 Å². The van der Waals surface area contributed by atoms with Crippen LogP contribution >= 0.6 is 0 Å². The number of hydrogen-bond donors (Lipinski definition) is 2. The second-order valence-corrected chi connectivity index (χ2v) is 6.86. The Morgan fingerprint density at radius 3 is 2.41 bits per heavy atom. The van der Waals surface area contributed by atoms with E-state index in [1.165, 1.54) is 11.1 Å². The van der Waals surface area contributed by atoms with Crippen molar-refractivity contribution in [1.82, 2.24) is 10.6 Å². The topological polar surface area (TPSA) is 24.1 Å². The van der Waals surface area contributed by atoms with E-state index in [0.29, 0.717) is 11.5 Å². The fourth-order valence-electron chi connectivity index (χ4n) is 2.60. The quantitative estimate of drug-likeness (QED) is 0.649. The molecular weight excluding hydrogens is 268 g/mol. The fraction of sp³-hybridized carbons (Fsp3) is 0.600. The lowest BCUT2D eigenvalue weighted by molar-refractivity contribution is 0.397.